The van der Waals surface area contributed by atoms with E-state index >= 15 is 0 Å². The monoisotopic (exact) mass is 240 g/mol. The van der Waals surface area contributed by atoms with E-state index in [9.17, 15) is 0 Å². The van der Waals surface area contributed by atoms with Crippen LogP contribution in [0.5, 0.6) is 0 Å². The maximum absolute atomic E-state index is 8.66. The molecule has 0 aromatic rings. The molecule has 0 aliphatic carbocycles. The van der Waals surface area contributed by atoms with Crippen LogP contribution in [-0.2, 0) is 0 Å². The van der Waals surface area contributed by atoms with Crippen molar-refractivity contribution in [2.24, 2.45) is 5.41 Å². The van der Waals surface area contributed by atoms with Gasteiger partial charge in [-0.25, -0.2) is 0 Å². The van der Waals surface area contributed by atoms with Crippen molar-refractivity contribution in [2.45, 2.75) is 39.1 Å². The van der Waals surface area contributed by atoms with Crippen molar-refractivity contribution in [1.82, 2.24) is 0 Å². The Labute approximate surface area is 95.8 Å². The molecule has 0 saturated carbocycles. The molecule has 0 fully saturated rings. The van der Waals surface area contributed by atoms with Crippen molar-refractivity contribution >= 4 is 0 Å². The number of aliphatic hydroxyl groups is 6. The summed E-state index contributed by atoms with van der Waals surface area (Å²) < 4.78 is 0. The van der Waals surface area contributed by atoms with Crippen molar-refractivity contribution in [1.29, 1.82) is 0 Å². The van der Waals surface area contributed by atoms with E-state index in [1.165, 1.54) is 0 Å². The van der Waals surface area contributed by atoms with Crippen LogP contribution in [0.25, 0.3) is 0 Å². The summed E-state index contributed by atoms with van der Waals surface area (Å²) in [6.07, 6.45) is 1.16. The van der Waals surface area contributed by atoms with Gasteiger partial charge >= 0.3 is 0 Å². The first-order valence-corrected chi connectivity index (χ1v) is 5.30. The molecule has 0 heterocycles. The van der Waals surface area contributed by atoms with E-state index in [1.54, 1.807) is 6.92 Å². The van der Waals surface area contributed by atoms with Crippen LogP contribution in [0.4, 0.5) is 0 Å². The largest absolute Gasteiger partial charge is 0.396 e. The van der Waals surface area contributed by atoms with Gasteiger partial charge in [0.15, 0.2) is 0 Å². The second-order valence-corrected chi connectivity index (χ2v) is 3.85. The number of rotatable bonds is 6. The summed E-state index contributed by atoms with van der Waals surface area (Å²) in [6, 6.07) is 0. The first-order chi connectivity index (χ1) is 7.30. The van der Waals surface area contributed by atoms with Crippen molar-refractivity contribution in [2.75, 3.05) is 19.8 Å². The van der Waals surface area contributed by atoms with E-state index < -0.39 is 11.4 Å². The van der Waals surface area contributed by atoms with Crippen LogP contribution >= 0.6 is 0 Å². The SMILES string of the molecule is CCC(CO)(CO)CO.CCCC(O)(O)O. The summed E-state index contributed by atoms with van der Waals surface area (Å²) in [4.78, 5) is 0. The first kappa shape index (κ1) is 18.1. The van der Waals surface area contributed by atoms with E-state index in [0.29, 0.717) is 12.8 Å². The van der Waals surface area contributed by atoms with Gasteiger partial charge in [-0.15, -0.1) is 0 Å². The molecule has 6 nitrogen and oxygen atoms in total. The summed E-state index contributed by atoms with van der Waals surface area (Å²) in [6.45, 7) is 3.10. The Morgan fingerprint density at radius 3 is 1.19 bits per heavy atom. The van der Waals surface area contributed by atoms with Crippen molar-refractivity contribution in [3.63, 3.8) is 0 Å². The summed E-state index contributed by atoms with van der Waals surface area (Å²) in [5.74, 6) is -2.45. The maximum Gasteiger partial charge on any atom is 0.275 e. The standard InChI is InChI=1S/C6H14O3.C4H10O3/c1-2-6(3-7,4-8)5-9;1-2-3-4(5,6)7/h7-9H,2-5H2,1H3;5-7H,2-3H2,1H3. The molecule has 0 unspecified atom stereocenters. The van der Waals surface area contributed by atoms with Gasteiger partial charge in [-0.05, 0) is 12.8 Å². The molecule has 0 aromatic carbocycles. The third-order valence-electron chi connectivity index (χ3n) is 2.34. The molecule has 0 spiro atoms. The molecule has 0 saturated heterocycles. The number of hydrogen-bond donors (Lipinski definition) is 6. The Morgan fingerprint density at radius 1 is 0.812 bits per heavy atom. The van der Waals surface area contributed by atoms with Gasteiger partial charge in [-0.1, -0.05) is 13.8 Å². The van der Waals surface area contributed by atoms with Gasteiger partial charge < -0.3 is 30.6 Å². The van der Waals surface area contributed by atoms with Gasteiger partial charge in [0.1, 0.15) is 0 Å². The second-order valence-electron chi connectivity index (χ2n) is 3.85. The average molecular weight is 240 g/mol. The van der Waals surface area contributed by atoms with E-state index in [2.05, 4.69) is 0 Å². The zero-order valence-electron chi connectivity index (χ0n) is 9.93. The Kier molecular flexibility index (Phi) is 10.0. The lowest BCUT2D eigenvalue weighted by molar-refractivity contribution is -0.314. The molecule has 6 N–H and O–H groups in total. The van der Waals surface area contributed by atoms with Crippen LogP contribution < -0.4 is 0 Å². The molecular formula is C10H24O6. The molecule has 100 valence electrons. The minimum atomic E-state index is -2.45. The molecule has 0 aliphatic rings. The summed E-state index contributed by atoms with van der Waals surface area (Å²) in [5, 5.41) is 50.4. The number of hydrogen-bond acceptors (Lipinski definition) is 6. The van der Waals surface area contributed by atoms with E-state index in [0.717, 1.165) is 0 Å². The highest BCUT2D eigenvalue weighted by molar-refractivity contribution is 4.74. The molecule has 0 radical (unpaired) electrons. The van der Waals surface area contributed by atoms with E-state index in [4.69, 9.17) is 30.6 Å². The summed E-state index contributed by atoms with van der Waals surface area (Å²) >= 11 is 0. The molecule has 0 aromatic heterocycles. The smallest absolute Gasteiger partial charge is 0.275 e. The molecule has 0 aliphatic heterocycles. The minimum Gasteiger partial charge on any atom is -0.396 e. The van der Waals surface area contributed by atoms with Gasteiger partial charge in [-0.2, -0.15) is 0 Å². The number of aliphatic hydroxyl groups excluding tert-OH is 3. The van der Waals surface area contributed by atoms with Crippen LogP contribution in [0.2, 0.25) is 0 Å². The average Bonchev–Trinajstić information content (AvgIpc) is 2.21. The highest BCUT2D eigenvalue weighted by atomic mass is 16.7. The lowest BCUT2D eigenvalue weighted by Crippen LogP contribution is -2.32. The van der Waals surface area contributed by atoms with Gasteiger partial charge in [0.05, 0.1) is 19.8 Å². The molecular weight excluding hydrogens is 216 g/mol. The van der Waals surface area contributed by atoms with E-state index in [1.807, 2.05) is 6.92 Å². The van der Waals surface area contributed by atoms with Gasteiger partial charge in [0.25, 0.3) is 5.97 Å². The topological polar surface area (TPSA) is 121 Å². The van der Waals surface area contributed by atoms with Gasteiger partial charge in [0.2, 0.25) is 0 Å². The van der Waals surface area contributed by atoms with Gasteiger partial charge in [-0.3, -0.25) is 0 Å². The molecule has 0 rings (SSSR count). The van der Waals surface area contributed by atoms with E-state index in [-0.39, 0.29) is 26.2 Å². The Balaban J connectivity index is 0. The summed E-state index contributed by atoms with van der Waals surface area (Å²) in [5.41, 5.74) is -0.667. The van der Waals surface area contributed by atoms with Crippen LogP contribution in [-0.4, -0.2) is 56.4 Å². The molecule has 16 heavy (non-hydrogen) atoms. The third kappa shape index (κ3) is 9.02. The van der Waals surface area contributed by atoms with Crippen molar-refractivity contribution in [3.05, 3.63) is 0 Å². The second kappa shape index (κ2) is 8.86. The highest BCUT2D eigenvalue weighted by Crippen LogP contribution is 2.18. The van der Waals surface area contributed by atoms with Crippen LogP contribution in [0.15, 0.2) is 0 Å². The lowest BCUT2D eigenvalue weighted by Gasteiger charge is -2.24. The fourth-order valence-electron chi connectivity index (χ4n) is 0.821. The Morgan fingerprint density at radius 2 is 1.19 bits per heavy atom. The lowest BCUT2D eigenvalue weighted by atomic mass is 9.88. The highest BCUT2D eigenvalue weighted by Gasteiger charge is 2.24. The zero-order valence-corrected chi connectivity index (χ0v) is 9.93. The fraction of sp³-hybridized carbons (Fsp3) is 1.00. The molecule has 6 heteroatoms. The van der Waals surface area contributed by atoms with Crippen molar-refractivity contribution < 1.29 is 30.6 Å². The maximum atomic E-state index is 8.66. The minimum absolute atomic E-state index is 0.00694. The Hall–Kier alpha value is -0.240. The summed E-state index contributed by atoms with van der Waals surface area (Å²) in [7, 11) is 0. The van der Waals surface area contributed by atoms with Crippen LogP contribution in [0, 0.1) is 5.41 Å². The van der Waals surface area contributed by atoms with Gasteiger partial charge in [0, 0.05) is 11.8 Å². The quantitative estimate of drug-likeness (QED) is 0.324. The zero-order chi connectivity index (χ0) is 13.2. The third-order valence-corrected chi connectivity index (χ3v) is 2.34. The molecule has 0 atom stereocenters. The van der Waals surface area contributed by atoms with Crippen molar-refractivity contribution in [3.8, 4) is 0 Å². The van der Waals surface area contributed by atoms with Crippen LogP contribution in [0.1, 0.15) is 33.1 Å². The van der Waals surface area contributed by atoms with Crippen LogP contribution in [0.3, 0.4) is 0 Å². The molecule has 0 amide bonds. The predicted octanol–water partition coefficient (Wildman–Crippen LogP) is -1.22. The fourth-order valence-corrected chi connectivity index (χ4v) is 0.821. The molecule has 0 bridgehead atoms. The predicted molar refractivity (Wildman–Crippen MR) is 58.3 cm³/mol. The Bertz CT molecular complexity index is 132. The normalized spacial score (nSPS) is 12.0. The first-order valence-electron chi connectivity index (χ1n) is 5.30.